The number of likely N-dealkylation sites (N-methyl/N-ethyl adjacent to an activating group) is 1. The zero-order valence-electron chi connectivity index (χ0n) is 11.7. The Morgan fingerprint density at radius 2 is 2.00 bits per heavy atom. The van der Waals surface area contributed by atoms with Crippen LogP contribution in [0.2, 0.25) is 0 Å². The van der Waals surface area contributed by atoms with Crippen molar-refractivity contribution in [1.29, 1.82) is 0 Å². The molecule has 0 saturated heterocycles. The Balaban J connectivity index is 2.82. The van der Waals surface area contributed by atoms with Crippen LogP contribution in [0.1, 0.15) is 37.4 Å². The molecule has 0 aliphatic heterocycles. The van der Waals surface area contributed by atoms with E-state index in [-0.39, 0.29) is 11.6 Å². The highest BCUT2D eigenvalue weighted by molar-refractivity contribution is 7.09. The highest BCUT2D eigenvalue weighted by atomic mass is 32.1. The molecule has 1 unspecified atom stereocenters. The van der Waals surface area contributed by atoms with Gasteiger partial charge in [-0.15, -0.1) is 11.3 Å². The van der Waals surface area contributed by atoms with E-state index < -0.39 is 0 Å². The number of hydrogen-bond acceptors (Lipinski definition) is 4. The zero-order chi connectivity index (χ0) is 13.1. The van der Waals surface area contributed by atoms with E-state index in [1.165, 1.54) is 0 Å². The summed E-state index contributed by atoms with van der Waals surface area (Å²) in [6, 6.07) is 0.137. The molecule has 0 aromatic carbocycles. The maximum absolute atomic E-state index is 6.44. The predicted molar refractivity (Wildman–Crippen MR) is 75.5 cm³/mol. The van der Waals surface area contributed by atoms with Gasteiger partial charge in [0.15, 0.2) is 0 Å². The van der Waals surface area contributed by atoms with Gasteiger partial charge in [-0.25, -0.2) is 4.98 Å². The number of hydrogen-bond donors (Lipinski definition) is 1. The zero-order valence-corrected chi connectivity index (χ0v) is 12.5. The fourth-order valence-electron chi connectivity index (χ4n) is 2.61. The van der Waals surface area contributed by atoms with Crippen molar-refractivity contribution in [3.05, 3.63) is 16.1 Å². The van der Waals surface area contributed by atoms with Crippen LogP contribution in [0.25, 0.3) is 0 Å². The molecule has 98 valence electrons. The third kappa shape index (κ3) is 3.06. The maximum Gasteiger partial charge on any atom is 0.0944 e. The van der Waals surface area contributed by atoms with Crippen LogP contribution in [0, 0.1) is 6.92 Å². The number of rotatable bonds is 6. The van der Waals surface area contributed by atoms with Crippen LogP contribution in [0.3, 0.4) is 0 Å². The van der Waals surface area contributed by atoms with E-state index in [2.05, 4.69) is 43.2 Å². The quantitative estimate of drug-likeness (QED) is 0.849. The molecule has 0 bridgehead atoms. The molecule has 1 aromatic rings. The van der Waals surface area contributed by atoms with Crippen LogP contribution < -0.4 is 5.73 Å². The largest absolute Gasteiger partial charge is 0.326 e. The maximum atomic E-state index is 6.44. The number of nitrogens with zero attached hydrogens (tertiary/aromatic N) is 2. The summed E-state index contributed by atoms with van der Waals surface area (Å²) in [6.45, 7) is 6.47. The molecular formula is C13H25N3S. The number of aromatic nitrogens is 1. The van der Waals surface area contributed by atoms with Gasteiger partial charge >= 0.3 is 0 Å². The first kappa shape index (κ1) is 14.6. The van der Waals surface area contributed by atoms with E-state index in [1.807, 2.05) is 6.92 Å². The van der Waals surface area contributed by atoms with E-state index in [9.17, 15) is 0 Å². The van der Waals surface area contributed by atoms with Gasteiger partial charge < -0.3 is 10.6 Å². The van der Waals surface area contributed by atoms with Gasteiger partial charge in [0, 0.05) is 29.1 Å². The Labute approximate surface area is 109 Å². The molecule has 0 aliphatic rings. The van der Waals surface area contributed by atoms with Crippen molar-refractivity contribution in [3.63, 3.8) is 0 Å². The molecule has 0 radical (unpaired) electrons. The second-order valence-corrected chi connectivity index (χ2v) is 5.84. The minimum atomic E-state index is 0.0829. The summed E-state index contributed by atoms with van der Waals surface area (Å²) in [5.74, 6) is 0. The second-order valence-electron chi connectivity index (χ2n) is 4.90. The van der Waals surface area contributed by atoms with Gasteiger partial charge in [0.05, 0.1) is 5.01 Å². The molecule has 0 amide bonds. The molecule has 2 N–H and O–H groups in total. The summed E-state index contributed by atoms with van der Waals surface area (Å²) in [5.41, 5.74) is 7.62. The fraction of sp³-hybridized carbons (Fsp3) is 0.769. The molecule has 1 rings (SSSR count). The SMILES string of the molecule is CCC(CC)(C(N)Cc1nc(C)cs1)N(C)C. The van der Waals surface area contributed by atoms with Crippen LogP contribution >= 0.6 is 11.3 Å². The molecule has 17 heavy (non-hydrogen) atoms. The van der Waals surface area contributed by atoms with Crippen molar-refractivity contribution in [2.24, 2.45) is 5.73 Å². The third-order valence-electron chi connectivity index (χ3n) is 3.87. The first-order chi connectivity index (χ1) is 7.96. The monoisotopic (exact) mass is 255 g/mol. The number of nitrogens with two attached hydrogens (primary N) is 1. The minimum Gasteiger partial charge on any atom is -0.326 e. The lowest BCUT2D eigenvalue weighted by Gasteiger charge is -2.43. The summed E-state index contributed by atoms with van der Waals surface area (Å²) in [7, 11) is 4.25. The van der Waals surface area contributed by atoms with Gasteiger partial charge in [-0.2, -0.15) is 0 Å². The minimum absolute atomic E-state index is 0.0829. The van der Waals surface area contributed by atoms with Gasteiger partial charge in [0.1, 0.15) is 0 Å². The summed E-state index contributed by atoms with van der Waals surface area (Å²) < 4.78 is 0. The van der Waals surface area contributed by atoms with Gasteiger partial charge in [0.2, 0.25) is 0 Å². The Bertz CT molecular complexity index is 342. The molecule has 1 aromatic heterocycles. The van der Waals surface area contributed by atoms with Crippen LogP contribution in [-0.4, -0.2) is 35.6 Å². The summed E-state index contributed by atoms with van der Waals surface area (Å²) in [5, 5.41) is 3.25. The van der Waals surface area contributed by atoms with Crippen molar-refractivity contribution in [3.8, 4) is 0 Å². The molecule has 0 saturated carbocycles. The average molecular weight is 255 g/mol. The molecule has 1 heterocycles. The molecule has 3 nitrogen and oxygen atoms in total. The van der Waals surface area contributed by atoms with Gasteiger partial charge in [-0.1, -0.05) is 13.8 Å². The Kier molecular flexibility index (Phi) is 5.10. The van der Waals surface area contributed by atoms with Gasteiger partial charge in [-0.3, -0.25) is 0 Å². The van der Waals surface area contributed by atoms with Gasteiger partial charge in [0.25, 0.3) is 0 Å². The number of thiazole rings is 1. The first-order valence-electron chi connectivity index (χ1n) is 6.30. The van der Waals surface area contributed by atoms with E-state index in [0.29, 0.717) is 0 Å². The Morgan fingerprint density at radius 1 is 1.41 bits per heavy atom. The molecule has 4 heteroatoms. The molecule has 0 aliphatic carbocycles. The molecule has 0 fully saturated rings. The summed E-state index contributed by atoms with van der Waals surface area (Å²) in [6.07, 6.45) is 3.02. The molecule has 1 atom stereocenters. The lowest BCUT2D eigenvalue weighted by Crippen LogP contribution is -2.57. The van der Waals surface area contributed by atoms with Crippen molar-refractivity contribution in [2.75, 3.05) is 14.1 Å². The average Bonchev–Trinajstić information content (AvgIpc) is 2.66. The van der Waals surface area contributed by atoms with E-state index in [1.54, 1.807) is 11.3 Å². The number of aryl methyl sites for hydroxylation is 1. The summed E-state index contributed by atoms with van der Waals surface area (Å²) >= 11 is 1.72. The van der Waals surface area contributed by atoms with Crippen molar-refractivity contribution in [1.82, 2.24) is 9.88 Å². The van der Waals surface area contributed by atoms with Crippen LogP contribution in [0.5, 0.6) is 0 Å². The topological polar surface area (TPSA) is 42.1 Å². The Morgan fingerprint density at radius 3 is 2.35 bits per heavy atom. The molecule has 0 spiro atoms. The van der Waals surface area contributed by atoms with Crippen LogP contribution in [-0.2, 0) is 6.42 Å². The van der Waals surface area contributed by atoms with Gasteiger partial charge in [-0.05, 0) is 33.9 Å². The predicted octanol–water partition coefficient (Wildman–Crippen LogP) is 2.44. The molecular weight excluding hydrogens is 230 g/mol. The fourth-order valence-corrected chi connectivity index (χ4v) is 3.44. The lowest BCUT2D eigenvalue weighted by atomic mass is 9.82. The lowest BCUT2D eigenvalue weighted by molar-refractivity contribution is 0.105. The van der Waals surface area contributed by atoms with Crippen molar-refractivity contribution < 1.29 is 0 Å². The van der Waals surface area contributed by atoms with E-state index in [0.717, 1.165) is 30.0 Å². The van der Waals surface area contributed by atoms with Crippen LogP contribution in [0.4, 0.5) is 0 Å². The van der Waals surface area contributed by atoms with Crippen molar-refractivity contribution in [2.45, 2.75) is 51.6 Å². The third-order valence-corrected chi connectivity index (χ3v) is 4.86. The Hall–Kier alpha value is -0.450. The second kappa shape index (κ2) is 5.94. The summed E-state index contributed by atoms with van der Waals surface area (Å²) in [4.78, 5) is 6.79. The van der Waals surface area contributed by atoms with Crippen LogP contribution in [0.15, 0.2) is 5.38 Å². The highest BCUT2D eigenvalue weighted by Crippen LogP contribution is 2.27. The smallest absolute Gasteiger partial charge is 0.0944 e. The van der Waals surface area contributed by atoms with E-state index >= 15 is 0 Å². The normalized spacial score (nSPS) is 14.3. The van der Waals surface area contributed by atoms with Crippen molar-refractivity contribution >= 4 is 11.3 Å². The standard InChI is InChI=1S/C13H25N3S/c1-6-13(7-2,16(4)5)11(14)8-12-15-10(3)9-17-12/h9,11H,6-8,14H2,1-5H3. The first-order valence-corrected chi connectivity index (χ1v) is 7.18. The highest BCUT2D eigenvalue weighted by Gasteiger charge is 2.35. The van der Waals surface area contributed by atoms with E-state index in [4.69, 9.17) is 5.73 Å².